The highest BCUT2D eigenvalue weighted by molar-refractivity contribution is 7.45. The van der Waals surface area contributed by atoms with Crippen LogP contribution in [0.4, 0.5) is 0 Å². The van der Waals surface area contributed by atoms with Crippen LogP contribution in [0, 0.1) is 0 Å². The van der Waals surface area contributed by atoms with Gasteiger partial charge in [-0.3, -0.25) is 9.36 Å². The summed E-state index contributed by atoms with van der Waals surface area (Å²) < 4.78 is 23.4. The third-order valence-corrected chi connectivity index (χ3v) is 15.5. The Morgan fingerprint density at radius 3 is 1.19 bits per heavy atom. The highest BCUT2D eigenvalue weighted by Gasteiger charge is 2.23. The van der Waals surface area contributed by atoms with Crippen LogP contribution in [0.5, 0.6) is 0 Å². The highest BCUT2D eigenvalue weighted by atomic mass is 31.2. The normalized spacial score (nSPS) is 14.3. The van der Waals surface area contributed by atoms with Crippen molar-refractivity contribution in [3.05, 3.63) is 85.1 Å². The molecule has 3 unspecified atom stereocenters. The summed E-state index contributed by atoms with van der Waals surface area (Å²) in [6, 6.07) is -0.913. The molecule has 0 saturated heterocycles. The SMILES string of the molecule is CC/C=C\C/C=C\C/C=C\C/C=C\CCCCCCCCCCCCCCCCCCCCCCCCC(=O)NC(COP(=O)([O-])OCC[N+](C)(C)C)C(O)/C=C/CC/C=C/CC/C=C/CCCCCCCCCCCCC. The van der Waals surface area contributed by atoms with Crippen molar-refractivity contribution in [2.75, 3.05) is 40.9 Å². The largest absolute Gasteiger partial charge is 0.756 e. The first-order chi connectivity index (χ1) is 38.0. The molecule has 0 spiro atoms. The topological polar surface area (TPSA) is 108 Å². The maximum atomic E-state index is 13.0. The molecular formula is C69H127N2O6P. The fourth-order valence-electron chi connectivity index (χ4n) is 9.47. The summed E-state index contributed by atoms with van der Waals surface area (Å²) in [7, 11) is 1.24. The van der Waals surface area contributed by atoms with Crippen LogP contribution in [0.15, 0.2) is 85.1 Å². The number of rotatable bonds is 60. The number of quaternary nitrogens is 1. The molecule has 0 fully saturated rings. The van der Waals surface area contributed by atoms with Crippen LogP contribution in [0.2, 0.25) is 0 Å². The molecule has 0 radical (unpaired) electrons. The Morgan fingerprint density at radius 1 is 0.462 bits per heavy atom. The van der Waals surface area contributed by atoms with Gasteiger partial charge in [-0.25, -0.2) is 0 Å². The standard InChI is InChI=1S/C69H127N2O6P/c1-6-8-10-12-14-16-18-20-22-24-26-28-29-30-31-32-33-34-35-36-37-38-39-40-41-43-45-47-49-51-53-55-57-59-61-63-69(73)70-67(66-77-78(74,75)76-65-64-71(3,4)5)68(72)62-60-58-56-54-52-50-48-46-44-42-27-25-23-21-19-17-15-13-11-9-7-2/h8,10,14,16,20,22,26,28,44,46,52,54,60,62,67-68,72H,6-7,9,11-13,15,17-19,21,23-25,27,29-43,45,47-51,53,55-59,61,63-66H2,1-5H3,(H-,70,73,74,75)/b10-8-,16-14-,22-20-,28-26-,46-44+,54-52+,62-60+. The lowest BCUT2D eigenvalue weighted by atomic mass is 10.0. The van der Waals surface area contributed by atoms with E-state index in [1.165, 1.54) is 205 Å². The van der Waals surface area contributed by atoms with E-state index in [1.54, 1.807) is 6.08 Å². The highest BCUT2D eigenvalue weighted by Crippen LogP contribution is 2.38. The van der Waals surface area contributed by atoms with Crippen LogP contribution >= 0.6 is 7.82 Å². The number of carbonyl (C=O) groups is 1. The van der Waals surface area contributed by atoms with Gasteiger partial charge < -0.3 is 28.8 Å². The number of amides is 1. The van der Waals surface area contributed by atoms with Gasteiger partial charge in [-0.05, 0) is 83.5 Å². The minimum absolute atomic E-state index is 0.0100. The van der Waals surface area contributed by atoms with E-state index in [0.29, 0.717) is 17.4 Å². The summed E-state index contributed by atoms with van der Waals surface area (Å²) in [4.78, 5) is 25.6. The molecule has 0 bridgehead atoms. The third kappa shape index (κ3) is 61.3. The van der Waals surface area contributed by atoms with E-state index in [1.807, 2.05) is 27.2 Å². The average Bonchev–Trinajstić information content (AvgIpc) is 3.41. The number of phosphoric ester groups is 1. The molecule has 78 heavy (non-hydrogen) atoms. The van der Waals surface area contributed by atoms with Crippen molar-refractivity contribution in [3.8, 4) is 0 Å². The molecule has 9 heteroatoms. The molecule has 0 aliphatic carbocycles. The number of unbranched alkanes of at least 4 members (excludes halogenated alkanes) is 35. The monoisotopic (exact) mass is 1110 g/mol. The molecule has 2 N–H and O–H groups in total. The fraction of sp³-hybridized carbons (Fsp3) is 0.783. The Kier molecular flexibility index (Phi) is 57.5. The Labute approximate surface area is 484 Å². The van der Waals surface area contributed by atoms with E-state index in [4.69, 9.17) is 9.05 Å². The van der Waals surface area contributed by atoms with Crippen molar-refractivity contribution < 1.29 is 32.9 Å². The van der Waals surface area contributed by atoms with Gasteiger partial charge in [0.1, 0.15) is 13.2 Å². The van der Waals surface area contributed by atoms with E-state index in [9.17, 15) is 19.4 Å². The van der Waals surface area contributed by atoms with Crippen molar-refractivity contribution in [1.82, 2.24) is 5.32 Å². The van der Waals surface area contributed by atoms with Gasteiger partial charge in [0.15, 0.2) is 0 Å². The number of aliphatic hydroxyl groups excluding tert-OH is 1. The zero-order valence-electron chi connectivity index (χ0n) is 51.9. The van der Waals surface area contributed by atoms with Gasteiger partial charge in [-0.1, -0.05) is 292 Å². The van der Waals surface area contributed by atoms with Gasteiger partial charge in [-0.2, -0.15) is 0 Å². The Hall–Kier alpha value is -2.32. The zero-order valence-corrected chi connectivity index (χ0v) is 52.7. The van der Waals surface area contributed by atoms with Crippen molar-refractivity contribution in [2.45, 2.75) is 309 Å². The predicted octanol–water partition coefficient (Wildman–Crippen LogP) is 20.1. The maximum Gasteiger partial charge on any atom is 0.268 e. The Balaban J connectivity index is 4.08. The van der Waals surface area contributed by atoms with Crippen molar-refractivity contribution in [1.29, 1.82) is 0 Å². The number of hydrogen-bond donors (Lipinski definition) is 2. The number of likely N-dealkylation sites (N-methyl/N-ethyl adjacent to an activating group) is 1. The number of nitrogens with zero attached hydrogens (tertiary/aromatic N) is 1. The summed E-state index contributed by atoms with van der Waals surface area (Å²) in [5, 5.41) is 13.9. The van der Waals surface area contributed by atoms with Crippen LogP contribution < -0.4 is 10.2 Å². The molecule has 1 amide bonds. The number of allylic oxidation sites excluding steroid dienone is 13. The van der Waals surface area contributed by atoms with Crippen molar-refractivity contribution >= 4 is 13.7 Å². The molecule has 0 saturated carbocycles. The van der Waals surface area contributed by atoms with Crippen LogP contribution in [-0.2, 0) is 18.4 Å². The van der Waals surface area contributed by atoms with Gasteiger partial charge in [-0.15, -0.1) is 0 Å². The second-order valence-corrected chi connectivity index (χ2v) is 24.8. The number of phosphoric acid groups is 1. The first-order valence-electron chi connectivity index (χ1n) is 32.9. The number of aliphatic hydroxyl groups is 1. The van der Waals surface area contributed by atoms with Crippen LogP contribution in [-0.4, -0.2) is 68.5 Å². The molecule has 8 nitrogen and oxygen atoms in total. The van der Waals surface area contributed by atoms with Crippen molar-refractivity contribution in [2.24, 2.45) is 0 Å². The first kappa shape index (κ1) is 75.7. The van der Waals surface area contributed by atoms with Crippen LogP contribution in [0.25, 0.3) is 0 Å². The zero-order chi connectivity index (χ0) is 57.0. The lowest BCUT2D eigenvalue weighted by Crippen LogP contribution is -2.45. The lowest BCUT2D eigenvalue weighted by molar-refractivity contribution is -0.870. The van der Waals surface area contributed by atoms with Crippen molar-refractivity contribution in [3.63, 3.8) is 0 Å². The maximum absolute atomic E-state index is 13.0. The van der Waals surface area contributed by atoms with Gasteiger partial charge >= 0.3 is 0 Å². The van der Waals surface area contributed by atoms with E-state index < -0.39 is 26.6 Å². The van der Waals surface area contributed by atoms with Crippen LogP contribution in [0.3, 0.4) is 0 Å². The molecule has 0 rings (SSSR count). The Morgan fingerprint density at radius 2 is 0.795 bits per heavy atom. The molecule has 0 aromatic carbocycles. The predicted molar refractivity (Wildman–Crippen MR) is 339 cm³/mol. The number of nitrogens with one attached hydrogen (secondary N) is 1. The van der Waals surface area contributed by atoms with E-state index in [-0.39, 0.29) is 12.5 Å². The molecular weight excluding hydrogens is 984 g/mol. The molecule has 454 valence electrons. The molecule has 0 aliphatic heterocycles. The van der Waals surface area contributed by atoms with Gasteiger partial charge in [0, 0.05) is 6.42 Å². The van der Waals surface area contributed by atoms with Gasteiger partial charge in [0.2, 0.25) is 5.91 Å². The molecule has 3 atom stereocenters. The molecule has 0 heterocycles. The second-order valence-electron chi connectivity index (χ2n) is 23.4. The Bertz CT molecular complexity index is 1550. The van der Waals surface area contributed by atoms with Gasteiger partial charge in [0.05, 0.1) is 39.9 Å². The van der Waals surface area contributed by atoms with E-state index >= 15 is 0 Å². The first-order valence-corrected chi connectivity index (χ1v) is 34.4. The lowest BCUT2D eigenvalue weighted by Gasteiger charge is -2.29. The smallest absolute Gasteiger partial charge is 0.268 e. The van der Waals surface area contributed by atoms with Gasteiger partial charge in [0.25, 0.3) is 7.82 Å². The minimum Gasteiger partial charge on any atom is -0.756 e. The number of hydrogen-bond acceptors (Lipinski definition) is 6. The number of carbonyl (C=O) groups excluding carboxylic acids is 1. The molecule has 0 aromatic heterocycles. The summed E-state index contributed by atoms with van der Waals surface area (Å²) in [6.07, 6.45) is 84.1. The van der Waals surface area contributed by atoms with E-state index in [2.05, 4.69) is 92.1 Å². The quantitative estimate of drug-likeness (QED) is 0.0272. The minimum atomic E-state index is -4.61. The summed E-state index contributed by atoms with van der Waals surface area (Å²) in [5.41, 5.74) is 0. The third-order valence-electron chi connectivity index (χ3n) is 14.6. The summed E-state index contributed by atoms with van der Waals surface area (Å²) in [5.74, 6) is -0.208. The van der Waals surface area contributed by atoms with E-state index in [0.717, 1.165) is 70.6 Å². The molecule has 0 aromatic rings. The summed E-state index contributed by atoms with van der Waals surface area (Å²) in [6.45, 7) is 4.53. The second kappa shape index (κ2) is 59.3. The summed E-state index contributed by atoms with van der Waals surface area (Å²) >= 11 is 0. The average molecular weight is 1110 g/mol. The van der Waals surface area contributed by atoms with Crippen LogP contribution in [0.1, 0.15) is 296 Å². The fourth-order valence-corrected chi connectivity index (χ4v) is 10.2. The molecule has 0 aliphatic rings.